The molecule has 3 atom stereocenters. The number of hydrogen-bond donors (Lipinski definition) is 1. The first-order chi connectivity index (χ1) is 12.9. The van der Waals surface area contributed by atoms with E-state index in [0.717, 1.165) is 23.3 Å². The average molecular weight is 428 g/mol. The van der Waals surface area contributed by atoms with E-state index in [1.807, 2.05) is 32.1 Å². The molecule has 1 saturated carbocycles. The van der Waals surface area contributed by atoms with Crippen molar-refractivity contribution < 1.29 is 4.58 Å². The van der Waals surface area contributed by atoms with Crippen molar-refractivity contribution in [1.29, 1.82) is 0 Å². The predicted octanol–water partition coefficient (Wildman–Crippen LogP) is 4.97. The van der Waals surface area contributed by atoms with Crippen LogP contribution in [-0.2, 0) is 0 Å². The third-order valence-corrected chi connectivity index (χ3v) is 6.04. The molecule has 0 aromatic carbocycles. The summed E-state index contributed by atoms with van der Waals surface area (Å²) in [4.78, 5) is 8.58. The standard InChI is InChI=1S/C22H28BrN4/c1-4-6-10-19(16-9-7-11-22(3,23)12-16)27-13-17(14-27)20-18(8-5-2)21(24)26-15-25-20/h4-5,8,10,13-16,19H,7,9,11-12H2,1-3H3,(H2,24,25,26)/q+1/b8-5+. The zero-order chi connectivity index (χ0) is 19.4. The van der Waals surface area contributed by atoms with Crippen LogP contribution in [0.3, 0.4) is 0 Å². The highest BCUT2D eigenvalue weighted by atomic mass is 79.9. The summed E-state index contributed by atoms with van der Waals surface area (Å²) >= 11 is 3.92. The van der Waals surface area contributed by atoms with Crippen LogP contribution in [-0.4, -0.2) is 31.1 Å². The van der Waals surface area contributed by atoms with Gasteiger partial charge in [-0.2, -0.15) is 4.58 Å². The Morgan fingerprint density at radius 1 is 1.41 bits per heavy atom. The molecule has 3 rings (SSSR count). The Morgan fingerprint density at radius 3 is 2.85 bits per heavy atom. The van der Waals surface area contributed by atoms with Gasteiger partial charge in [-0.05, 0) is 46.1 Å². The van der Waals surface area contributed by atoms with Crippen molar-refractivity contribution in [3.63, 3.8) is 0 Å². The van der Waals surface area contributed by atoms with Gasteiger partial charge >= 0.3 is 0 Å². The van der Waals surface area contributed by atoms with Crippen molar-refractivity contribution in [1.82, 2.24) is 9.97 Å². The smallest absolute Gasteiger partial charge is 0.186 e. The second-order valence-corrected chi connectivity index (χ2v) is 9.48. The molecule has 0 bridgehead atoms. The van der Waals surface area contributed by atoms with Crippen LogP contribution < -0.4 is 5.73 Å². The van der Waals surface area contributed by atoms with Gasteiger partial charge in [-0.15, -0.1) is 5.73 Å². The average Bonchev–Trinajstić information content (AvgIpc) is 2.58. The number of anilines is 1. The molecule has 0 spiro atoms. The third kappa shape index (κ3) is 4.48. The highest BCUT2D eigenvalue weighted by Crippen LogP contribution is 2.41. The Balaban J connectivity index is 1.86. The van der Waals surface area contributed by atoms with Gasteiger partial charge in [0, 0.05) is 21.9 Å². The first-order valence-electron chi connectivity index (χ1n) is 9.59. The Hall–Kier alpha value is -1.97. The second-order valence-electron chi connectivity index (χ2n) is 7.56. The number of rotatable bonds is 5. The molecule has 2 N–H and O–H groups in total. The quantitative estimate of drug-likeness (QED) is 0.409. The molecule has 1 aliphatic carbocycles. The summed E-state index contributed by atoms with van der Waals surface area (Å²) in [5.74, 6) is 1.11. The minimum Gasteiger partial charge on any atom is -0.383 e. The maximum atomic E-state index is 6.05. The Labute approximate surface area is 170 Å². The van der Waals surface area contributed by atoms with Gasteiger partial charge in [-0.1, -0.05) is 34.5 Å². The van der Waals surface area contributed by atoms with Crippen LogP contribution in [0.2, 0.25) is 0 Å². The van der Waals surface area contributed by atoms with Crippen molar-refractivity contribution in [3.8, 4) is 0 Å². The largest absolute Gasteiger partial charge is 0.383 e. The van der Waals surface area contributed by atoms with E-state index in [0.29, 0.717) is 17.8 Å². The van der Waals surface area contributed by atoms with Crippen LogP contribution in [0, 0.1) is 5.92 Å². The first-order valence-corrected chi connectivity index (χ1v) is 10.4. The molecule has 1 aliphatic heterocycles. The van der Waals surface area contributed by atoms with Crippen LogP contribution in [0.1, 0.15) is 57.7 Å². The molecule has 4 nitrogen and oxygen atoms in total. The molecule has 1 fully saturated rings. The highest BCUT2D eigenvalue weighted by molar-refractivity contribution is 9.10. The molecule has 0 saturated heterocycles. The van der Waals surface area contributed by atoms with E-state index in [4.69, 9.17) is 5.73 Å². The molecule has 2 aliphatic rings. The van der Waals surface area contributed by atoms with Gasteiger partial charge < -0.3 is 5.73 Å². The van der Waals surface area contributed by atoms with E-state index in [2.05, 4.69) is 61.6 Å². The van der Waals surface area contributed by atoms with Crippen LogP contribution in [0.15, 0.2) is 36.5 Å². The zero-order valence-corrected chi connectivity index (χ0v) is 17.9. The fourth-order valence-corrected chi connectivity index (χ4v) is 4.71. The molecule has 2 heterocycles. The lowest BCUT2D eigenvalue weighted by Gasteiger charge is -2.35. The normalized spacial score (nSPS) is 25.9. The molecule has 1 aromatic heterocycles. The van der Waals surface area contributed by atoms with E-state index >= 15 is 0 Å². The minimum atomic E-state index is 0.232. The number of halogens is 1. The molecule has 142 valence electrons. The van der Waals surface area contributed by atoms with E-state index in [1.54, 1.807) is 0 Å². The van der Waals surface area contributed by atoms with Crippen LogP contribution in [0.4, 0.5) is 5.82 Å². The molecule has 5 heteroatoms. The van der Waals surface area contributed by atoms with Gasteiger partial charge in [0.25, 0.3) is 0 Å². The van der Waals surface area contributed by atoms with Crippen LogP contribution in [0.5, 0.6) is 0 Å². The zero-order valence-electron chi connectivity index (χ0n) is 16.3. The molecule has 0 amide bonds. The third-order valence-electron chi connectivity index (χ3n) is 5.32. The summed E-state index contributed by atoms with van der Waals surface area (Å²) in [5.41, 5.74) is 12.2. The number of alkyl halides is 1. The lowest BCUT2D eigenvalue weighted by atomic mass is 9.78. The number of nitrogen functional groups attached to an aromatic ring is 1. The monoisotopic (exact) mass is 427 g/mol. The van der Waals surface area contributed by atoms with Gasteiger partial charge in [0.1, 0.15) is 17.7 Å². The SMILES string of the molecule is CC=C=CC(C1CCCC(C)(Br)C1)[N+]1=CC(c2ncnc(N)c2/C=C/C)=C1. The molecule has 3 unspecified atom stereocenters. The highest BCUT2D eigenvalue weighted by Gasteiger charge is 2.39. The predicted molar refractivity (Wildman–Crippen MR) is 117 cm³/mol. The van der Waals surface area contributed by atoms with E-state index in [1.165, 1.54) is 25.6 Å². The first kappa shape index (κ1) is 19.8. The number of nitrogens with two attached hydrogens (primary N) is 1. The Bertz CT molecular complexity index is 857. The molecular weight excluding hydrogens is 400 g/mol. The van der Waals surface area contributed by atoms with Crippen LogP contribution in [0.25, 0.3) is 11.6 Å². The topological polar surface area (TPSA) is 54.8 Å². The summed E-state index contributed by atoms with van der Waals surface area (Å²) in [7, 11) is 0. The van der Waals surface area contributed by atoms with E-state index < -0.39 is 0 Å². The molecular formula is C22H28BrN4+. The van der Waals surface area contributed by atoms with Crippen molar-refractivity contribution in [3.05, 3.63) is 47.7 Å². The number of aromatic nitrogens is 2. The van der Waals surface area contributed by atoms with Crippen molar-refractivity contribution >= 4 is 39.6 Å². The number of nitrogens with zero attached hydrogens (tertiary/aromatic N) is 3. The lowest BCUT2D eigenvalue weighted by Crippen LogP contribution is -2.39. The summed E-state index contributed by atoms with van der Waals surface area (Å²) in [6, 6.07) is 0.312. The van der Waals surface area contributed by atoms with E-state index in [9.17, 15) is 0 Å². The Kier molecular flexibility index (Phi) is 6.13. The second kappa shape index (κ2) is 8.37. The van der Waals surface area contributed by atoms with Crippen molar-refractivity contribution in [2.45, 2.75) is 56.8 Å². The fraction of sp³-hybridized carbons (Fsp3) is 0.455. The molecule has 1 aromatic rings. The maximum absolute atomic E-state index is 6.05. The summed E-state index contributed by atoms with van der Waals surface area (Å²) in [6.07, 6.45) is 18.9. The fourth-order valence-electron chi connectivity index (χ4n) is 4.01. The van der Waals surface area contributed by atoms with Crippen molar-refractivity contribution in [2.75, 3.05) is 5.73 Å². The number of hydrogen-bond acceptors (Lipinski definition) is 3. The van der Waals surface area contributed by atoms with Crippen LogP contribution >= 0.6 is 15.9 Å². The van der Waals surface area contributed by atoms with Gasteiger partial charge in [0.15, 0.2) is 18.5 Å². The summed E-state index contributed by atoms with van der Waals surface area (Å²) in [6.45, 7) is 6.29. The Morgan fingerprint density at radius 2 is 2.19 bits per heavy atom. The van der Waals surface area contributed by atoms with E-state index in [-0.39, 0.29) is 4.32 Å². The lowest BCUT2D eigenvalue weighted by molar-refractivity contribution is -0.500. The van der Waals surface area contributed by atoms with Gasteiger partial charge in [0.2, 0.25) is 0 Å². The van der Waals surface area contributed by atoms with Crippen molar-refractivity contribution in [2.24, 2.45) is 5.92 Å². The molecule has 27 heavy (non-hydrogen) atoms. The summed E-state index contributed by atoms with van der Waals surface area (Å²) in [5, 5.41) is 0. The van der Waals surface area contributed by atoms with Gasteiger partial charge in [-0.3, -0.25) is 0 Å². The summed E-state index contributed by atoms with van der Waals surface area (Å²) < 4.78 is 2.53. The number of allylic oxidation sites excluding steroid dienone is 2. The molecule has 0 radical (unpaired) electrons. The minimum absolute atomic E-state index is 0.232. The van der Waals surface area contributed by atoms with Gasteiger partial charge in [-0.25, -0.2) is 9.97 Å². The van der Waals surface area contributed by atoms with Gasteiger partial charge in [0.05, 0.1) is 5.69 Å². The maximum Gasteiger partial charge on any atom is 0.186 e.